The van der Waals surface area contributed by atoms with Crippen LogP contribution in [0.2, 0.25) is 0 Å². The van der Waals surface area contributed by atoms with Gasteiger partial charge < -0.3 is 10.1 Å². The number of hydrogen-bond donors (Lipinski definition) is 2. The summed E-state index contributed by atoms with van der Waals surface area (Å²) in [6, 6.07) is 14.5. The molecule has 1 aromatic heterocycles. The van der Waals surface area contributed by atoms with Crippen LogP contribution in [0.25, 0.3) is 0 Å². The van der Waals surface area contributed by atoms with Gasteiger partial charge in [0.15, 0.2) is 0 Å². The molecule has 0 aliphatic rings. The number of sulfonamides is 1. The van der Waals surface area contributed by atoms with Gasteiger partial charge in [0.1, 0.15) is 5.75 Å². The van der Waals surface area contributed by atoms with Crippen LogP contribution >= 0.6 is 27.3 Å². The van der Waals surface area contributed by atoms with Crippen molar-refractivity contribution in [1.29, 1.82) is 0 Å². The molecule has 0 fully saturated rings. The number of rotatable bonds is 6. The molecule has 0 bridgehead atoms. The van der Waals surface area contributed by atoms with Crippen molar-refractivity contribution in [2.24, 2.45) is 0 Å². The van der Waals surface area contributed by atoms with E-state index in [-0.39, 0.29) is 16.5 Å². The van der Waals surface area contributed by atoms with Crippen molar-refractivity contribution in [2.75, 3.05) is 17.1 Å². The van der Waals surface area contributed by atoms with Gasteiger partial charge in [0.2, 0.25) is 0 Å². The number of amides is 1. The van der Waals surface area contributed by atoms with Gasteiger partial charge in [0, 0.05) is 10.2 Å². The molecule has 3 aromatic rings. The molecule has 0 unspecified atom stereocenters. The molecule has 0 saturated carbocycles. The van der Waals surface area contributed by atoms with Gasteiger partial charge in [0.05, 0.1) is 22.6 Å². The lowest BCUT2D eigenvalue weighted by Gasteiger charge is -2.13. The standard InChI is InChI=1S/C18H15BrN2O4S2/c1-25-16-9-8-14(11-15(16)20-18(22)17-3-2-10-26-17)27(23,24)21-13-6-4-12(19)5-7-13/h2-11,21H,1H3,(H,20,22). The number of hydrogen-bond acceptors (Lipinski definition) is 5. The predicted octanol–water partition coefficient (Wildman–Crippen LogP) is 4.57. The van der Waals surface area contributed by atoms with Crippen LogP contribution in [0.3, 0.4) is 0 Å². The smallest absolute Gasteiger partial charge is 0.265 e. The molecule has 0 spiro atoms. The van der Waals surface area contributed by atoms with E-state index in [1.54, 1.807) is 41.8 Å². The van der Waals surface area contributed by atoms with Crippen molar-refractivity contribution >= 4 is 54.6 Å². The van der Waals surface area contributed by atoms with E-state index in [2.05, 4.69) is 26.0 Å². The Morgan fingerprint density at radius 1 is 1.11 bits per heavy atom. The van der Waals surface area contributed by atoms with Gasteiger partial charge in [-0.05, 0) is 53.9 Å². The van der Waals surface area contributed by atoms with Crippen LogP contribution in [0.15, 0.2) is 69.3 Å². The molecule has 0 atom stereocenters. The van der Waals surface area contributed by atoms with Gasteiger partial charge >= 0.3 is 0 Å². The lowest BCUT2D eigenvalue weighted by atomic mass is 10.3. The number of anilines is 2. The maximum Gasteiger partial charge on any atom is 0.265 e. The molecule has 0 radical (unpaired) electrons. The van der Waals surface area contributed by atoms with Crippen molar-refractivity contribution in [3.8, 4) is 5.75 Å². The van der Waals surface area contributed by atoms with Crippen molar-refractivity contribution in [3.63, 3.8) is 0 Å². The highest BCUT2D eigenvalue weighted by atomic mass is 79.9. The van der Waals surface area contributed by atoms with E-state index >= 15 is 0 Å². The van der Waals surface area contributed by atoms with Crippen LogP contribution in [0.1, 0.15) is 9.67 Å². The molecule has 0 aliphatic heterocycles. The molecule has 27 heavy (non-hydrogen) atoms. The largest absolute Gasteiger partial charge is 0.495 e. The fourth-order valence-corrected chi connectivity index (χ4v) is 4.24. The number of nitrogens with one attached hydrogen (secondary N) is 2. The van der Waals surface area contributed by atoms with Gasteiger partial charge in [-0.25, -0.2) is 8.42 Å². The summed E-state index contributed by atoms with van der Waals surface area (Å²) < 4.78 is 33.9. The van der Waals surface area contributed by atoms with Gasteiger partial charge in [-0.15, -0.1) is 11.3 Å². The van der Waals surface area contributed by atoms with Crippen LogP contribution in [0.4, 0.5) is 11.4 Å². The summed E-state index contributed by atoms with van der Waals surface area (Å²) in [5, 5.41) is 4.48. The zero-order valence-electron chi connectivity index (χ0n) is 14.1. The van der Waals surface area contributed by atoms with E-state index in [9.17, 15) is 13.2 Å². The van der Waals surface area contributed by atoms with E-state index in [4.69, 9.17) is 4.74 Å². The summed E-state index contributed by atoms with van der Waals surface area (Å²) in [4.78, 5) is 12.8. The van der Waals surface area contributed by atoms with Crippen LogP contribution in [0, 0.1) is 0 Å². The minimum absolute atomic E-state index is 0.00713. The number of methoxy groups -OCH3 is 1. The van der Waals surface area contributed by atoms with Crippen molar-refractivity contribution < 1.29 is 17.9 Å². The number of halogens is 1. The molecule has 2 N–H and O–H groups in total. The van der Waals surface area contributed by atoms with Crippen molar-refractivity contribution in [2.45, 2.75) is 4.90 Å². The van der Waals surface area contributed by atoms with Crippen LogP contribution in [0.5, 0.6) is 5.75 Å². The van der Waals surface area contributed by atoms with E-state index in [0.717, 1.165) is 4.47 Å². The highest BCUT2D eigenvalue weighted by Gasteiger charge is 2.18. The number of carbonyl (C=O) groups is 1. The number of ether oxygens (including phenoxy) is 1. The topological polar surface area (TPSA) is 84.5 Å². The average molecular weight is 467 g/mol. The minimum Gasteiger partial charge on any atom is -0.495 e. The van der Waals surface area contributed by atoms with Gasteiger partial charge in [0.25, 0.3) is 15.9 Å². The predicted molar refractivity (Wildman–Crippen MR) is 110 cm³/mol. The third kappa shape index (κ3) is 4.68. The number of carbonyl (C=O) groups excluding carboxylic acids is 1. The second-order valence-corrected chi connectivity index (χ2v) is 8.95. The molecule has 3 rings (SSSR count). The average Bonchev–Trinajstić information content (AvgIpc) is 3.18. The van der Waals surface area contributed by atoms with Crippen LogP contribution in [-0.2, 0) is 10.0 Å². The third-order valence-corrected chi connectivity index (χ3v) is 6.35. The highest BCUT2D eigenvalue weighted by Crippen LogP contribution is 2.29. The van der Waals surface area contributed by atoms with E-state index < -0.39 is 10.0 Å². The summed E-state index contributed by atoms with van der Waals surface area (Å²) in [6.07, 6.45) is 0. The molecule has 1 amide bonds. The fraction of sp³-hybridized carbons (Fsp3) is 0.0556. The Morgan fingerprint density at radius 2 is 1.85 bits per heavy atom. The minimum atomic E-state index is -3.83. The first kappa shape index (κ1) is 19.4. The lowest BCUT2D eigenvalue weighted by molar-refractivity contribution is 0.103. The molecule has 140 valence electrons. The normalized spacial score (nSPS) is 11.0. The molecular weight excluding hydrogens is 452 g/mol. The Hall–Kier alpha value is -2.36. The molecule has 1 heterocycles. The maximum atomic E-state index is 12.7. The second-order valence-electron chi connectivity index (χ2n) is 5.41. The molecule has 0 saturated heterocycles. The monoisotopic (exact) mass is 466 g/mol. The Labute approximate surface area is 169 Å². The van der Waals surface area contributed by atoms with Gasteiger partial charge in [-0.1, -0.05) is 22.0 Å². The zero-order valence-corrected chi connectivity index (χ0v) is 17.3. The van der Waals surface area contributed by atoms with Gasteiger partial charge in [-0.2, -0.15) is 0 Å². The number of thiophene rings is 1. The Morgan fingerprint density at radius 3 is 2.48 bits per heavy atom. The summed E-state index contributed by atoms with van der Waals surface area (Å²) in [7, 11) is -2.38. The first-order valence-electron chi connectivity index (χ1n) is 7.70. The molecule has 9 heteroatoms. The van der Waals surface area contributed by atoms with Crippen LogP contribution in [-0.4, -0.2) is 21.4 Å². The van der Waals surface area contributed by atoms with Crippen molar-refractivity contribution in [1.82, 2.24) is 0 Å². The number of benzene rings is 2. The summed E-state index contributed by atoms with van der Waals surface area (Å²) in [6.45, 7) is 0. The Balaban J connectivity index is 1.89. The first-order valence-corrected chi connectivity index (χ1v) is 10.9. The van der Waals surface area contributed by atoms with E-state index in [1.165, 1.54) is 36.6 Å². The Bertz CT molecular complexity index is 1050. The molecule has 2 aromatic carbocycles. The van der Waals surface area contributed by atoms with Crippen LogP contribution < -0.4 is 14.8 Å². The Kier molecular flexibility index (Phi) is 5.83. The zero-order chi connectivity index (χ0) is 19.4. The second kappa shape index (κ2) is 8.12. The summed E-state index contributed by atoms with van der Waals surface area (Å²) in [5.74, 6) is 0.0289. The lowest BCUT2D eigenvalue weighted by Crippen LogP contribution is -2.15. The first-order chi connectivity index (χ1) is 12.9. The maximum absolute atomic E-state index is 12.7. The molecular formula is C18H15BrN2O4S2. The summed E-state index contributed by atoms with van der Waals surface area (Å²) >= 11 is 4.59. The van der Waals surface area contributed by atoms with E-state index in [0.29, 0.717) is 16.3 Å². The SMILES string of the molecule is COc1ccc(S(=O)(=O)Nc2ccc(Br)cc2)cc1NC(=O)c1cccs1. The fourth-order valence-electron chi connectivity index (χ4n) is 2.28. The van der Waals surface area contributed by atoms with Crippen molar-refractivity contribution in [3.05, 3.63) is 69.3 Å². The highest BCUT2D eigenvalue weighted by molar-refractivity contribution is 9.10. The van der Waals surface area contributed by atoms with Gasteiger partial charge in [-0.3, -0.25) is 9.52 Å². The quantitative estimate of drug-likeness (QED) is 0.556. The molecule has 0 aliphatic carbocycles. The van der Waals surface area contributed by atoms with E-state index in [1.807, 2.05) is 0 Å². The summed E-state index contributed by atoms with van der Waals surface area (Å²) in [5.41, 5.74) is 0.702. The third-order valence-electron chi connectivity index (χ3n) is 3.57. The molecule has 6 nitrogen and oxygen atoms in total.